The molecule has 2 N–H and O–H groups in total. The van der Waals surface area contributed by atoms with Crippen molar-refractivity contribution >= 4 is 34.9 Å². The Morgan fingerprint density at radius 3 is 2.78 bits per heavy atom. The summed E-state index contributed by atoms with van der Waals surface area (Å²) in [6.07, 6.45) is 8.01. The minimum Gasteiger partial charge on any atom is -0.341 e. The normalized spacial score (nSPS) is 17.6. The number of carbonyl (C=O) groups is 2. The second kappa shape index (κ2) is 10.9. The smallest absolute Gasteiger partial charge is 0.290 e. The Bertz CT molecular complexity index is 1310. The number of amides is 2. The van der Waals surface area contributed by atoms with Gasteiger partial charge in [0.15, 0.2) is 5.82 Å². The van der Waals surface area contributed by atoms with Crippen molar-refractivity contribution in [3.8, 4) is 11.3 Å². The summed E-state index contributed by atoms with van der Waals surface area (Å²) in [4.78, 5) is 43.0. The van der Waals surface area contributed by atoms with E-state index in [0.717, 1.165) is 49.9 Å². The number of nitrogens with zero attached hydrogens (tertiary/aromatic N) is 5. The molecule has 2 fully saturated rings. The van der Waals surface area contributed by atoms with Crippen LogP contribution in [-0.4, -0.2) is 50.7 Å². The number of imide groups is 1. The molecule has 2 aliphatic heterocycles. The van der Waals surface area contributed by atoms with Crippen LogP contribution < -0.4 is 15.5 Å². The first-order valence-corrected chi connectivity index (χ1v) is 12.5. The highest BCUT2D eigenvalue weighted by molar-refractivity contribution is 8.18. The number of anilines is 1. The molecule has 5 rings (SSSR count). The molecule has 3 aromatic rings. The molecule has 0 unspecified atom stereocenters. The van der Waals surface area contributed by atoms with Gasteiger partial charge in [-0.25, -0.2) is 14.4 Å². The molecule has 9 nitrogen and oxygen atoms in total. The third-order valence-corrected chi connectivity index (χ3v) is 6.89. The summed E-state index contributed by atoms with van der Waals surface area (Å²) < 4.78 is 14.0. The summed E-state index contributed by atoms with van der Waals surface area (Å²) in [6, 6.07) is 8.96. The molecule has 0 saturated carbocycles. The number of nitrogens with one attached hydrogen (secondary N) is 2. The maximum absolute atomic E-state index is 14.0. The van der Waals surface area contributed by atoms with Gasteiger partial charge >= 0.3 is 0 Å². The van der Waals surface area contributed by atoms with Gasteiger partial charge in [-0.15, -0.1) is 0 Å². The summed E-state index contributed by atoms with van der Waals surface area (Å²) in [5.74, 6) is 0.350. The van der Waals surface area contributed by atoms with Crippen molar-refractivity contribution in [2.45, 2.75) is 19.4 Å². The van der Waals surface area contributed by atoms with Crippen molar-refractivity contribution in [3.63, 3.8) is 0 Å². The molecule has 3 aromatic heterocycles. The molecule has 2 amide bonds. The van der Waals surface area contributed by atoms with Crippen LogP contribution in [0.3, 0.4) is 0 Å². The molecule has 2 aliphatic rings. The molecule has 0 radical (unpaired) electrons. The standard InChI is InChI=1S/C25H24FN7O2S/c26-20-15-27-8-5-19(20)21-3-1-2-18(30-21)14-28-13-16-6-10-33(11-7-16)24-29-9-4-17(31-24)12-22-23(34)32-25(35)36-22/h1-5,8-9,12,15-16,28H,6-7,10-11,13-14H2,(H,32,34,35)/b22-12-. The SMILES string of the molecule is O=C1NC(=O)/C(=C/c2ccnc(N3CCC(CNCc4cccc(-c5ccncc5F)n4)CC3)n2)S1. The minimum absolute atomic E-state index is 0.334. The average Bonchev–Trinajstić information content (AvgIpc) is 3.21. The molecule has 0 spiro atoms. The number of hydrogen-bond donors (Lipinski definition) is 2. The zero-order chi connectivity index (χ0) is 24.9. The van der Waals surface area contributed by atoms with E-state index in [0.29, 0.717) is 40.3 Å². The fourth-order valence-corrected chi connectivity index (χ4v) is 4.87. The summed E-state index contributed by atoms with van der Waals surface area (Å²) in [6.45, 7) is 3.12. The van der Waals surface area contributed by atoms with Gasteiger partial charge in [0.25, 0.3) is 11.1 Å². The fourth-order valence-electron chi connectivity index (χ4n) is 4.20. The van der Waals surface area contributed by atoms with Crippen molar-refractivity contribution in [2.75, 3.05) is 24.5 Å². The van der Waals surface area contributed by atoms with Crippen molar-refractivity contribution in [3.05, 3.63) is 71.0 Å². The third kappa shape index (κ3) is 5.74. The lowest BCUT2D eigenvalue weighted by atomic mass is 9.97. The number of thioether (sulfide) groups is 1. The first kappa shape index (κ1) is 24.0. The average molecular weight is 506 g/mol. The Morgan fingerprint density at radius 1 is 1.14 bits per heavy atom. The number of piperidine rings is 1. The highest BCUT2D eigenvalue weighted by atomic mass is 32.2. The topological polar surface area (TPSA) is 113 Å². The summed E-state index contributed by atoms with van der Waals surface area (Å²) in [7, 11) is 0. The molecule has 5 heterocycles. The number of halogens is 1. The molecule has 0 atom stereocenters. The van der Waals surface area contributed by atoms with E-state index in [1.807, 2.05) is 12.1 Å². The molecule has 2 saturated heterocycles. The maximum Gasteiger partial charge on any atom is 0.290 e. The van der Waals surface area contributed by atoms with E-state index in [9.17, 15) is 14.0 Å². The number of pyridine rings is 2. The van der Waals surface area contributed by atoms with Crippen LogP contribution in [0, 0.1) is 11.7 Å². The van der Waals surface area contributed by atoms with Gasteiger partial charge in [0.2, 0.25) is 5.95 Å². The van der Waals surface area contributed by atoms with Crippen molar-refractivity contribution in [2.24, 2.45) is 5.92 Å². The van der Waals surface area contributed by atoms with E-state index in [4.69, 9.17) is 0 Å². The molecule has 36 heavy (non-hydrogen) atoms. The van der Waals surface area contributed by atoms with Crippen LogP contribution in [0.25, 0.3) is 17.3 Å². The lowest BCUT2D eigenvalue weighted by molar-refractivity contribution is -0.115. The zero-order valence-corrected chi connectivity index (χ0v) is 20.2. The van der Waals surface area contributed by atoms with Crippen LogP contribution in [0.2, 0.25) is 0 Å². The van der Waals surface area contributed by atoms with Gasteiger partial charge in [-0.2, -0.15) is 0 Å². The fraction of sp³-hybridized carbons (Fsp3) is 0.280. The van der Waals surface area contributed by atoms with Gasteiger partial charge < -0.3 is 10.2 Å². The number of hydrogen-bond acceptors (Lipinski definition) is 9. The Hall–Kier alpha value is -3.70. The van der Waals surface area contributed by atoms with Crippen molar-refractivity contribution < 1.29 is 14.0 Å². The monoisotopic (exact) mass is 505 g/mol. The van der Waals surface area contributed by atoms with Crippen LogP contribution in [0.1, 0.15) is 24.2 Å². The number of rotatable bonds is 7. The highest BCUT2D eigenvalue weighted by Crippen LogP contribution is 2.26. The third-order valence-electron chi connectivity index (χ3n) is 6.08. The molecule has 0 aliphatic carbocycles. The second-order valence-electron chi connectivity index (χ2n) is 8.56. The van der Waals surface area contributed by atoms with E-state index in [-0.39, 0.29) is 11.1 Å². The molecular formula is C25H24FN7O2S. The van der Waals surface area contributed by atoms with E-state index in [1.54, 1.807) is 36.7 Å². The molecule has 0 bridgehead atoms. The Balaban J connectivity index is 1.12. The van der Waals surface area contributed by atoms with Crippen LogP contribution >= 0.6 is 11.8 Å². The van der Waals surface area contributed by atoms with Crippen LogP contribution in [-0.2, 0) is 11.3 Å². The first-order chi connectivity index (χ1) is 17.5. The van der Waals surface area contributed by atoms with E-state index >= 15 is 0 Å². The van der Waals surface area contributed by atoms with E-state index in [2.05, 4.69) is 35.5 Å². The number of carbonyl (C=O) groups excluding carboxylic acids is 2. The van der Waals surface area contributed by atoms with Gasteiger partial charge in [0.05, 0.1) is 28.2 Å². The summed E-state index contributed by atoms with van der Waals surface area (Å²) in [5, 5.41) is 5.36. The van der Waals surface area contributed by atoms with Gasteiger partial charge in [-0.3, -0.25) is 24.9 Å². The summed E-state index contributed by atoms with van der Waals surface area (Å²) in [5.41, 5.74) is 2.49. The minimum atomic E-state index is -0.398. The highest BCUT2D eigenvalue weighted by Gasteiger charge is 2.25. The van der Waals surface area contributed by atoms with E-state index < -0.39 is 5.91 Å². The van der Waals surface area contributed by atoms with Crippen LogP contribution in [0.15, 0.2) is 53.8 Å². The maximum atomic E-state index is 14.0. The zero-order valence-electron chi connectivity index (χ0n) is 19.4. The van der Waals surface area contributed by atoms with Gasteiger partial charge in [-0.1, -0.05) is 6.07 Å². The Morgan fingerprint density at radius 2 is 2.00 bits per heavy atom. The number of aromatic nitrogens is 4. The first-order valence-electron chi connectivity index (χ1n) is 11.6. The second-order valence-corrected chi connectivity index (χ2v) is 9.58. The van der Waals surface area contributed by atoms with Crippen LogP contribution in [0.5, 0.6) is 0 Å². The summed E-state index contributed by atoms with van der Waals surface area (Å²) >= 11 is 0.873. The van der Waals surface area contributed by atoms with Gasteiger partial charge in [-0.05, 0) is 67.4 Å². The van der Waals surface area contributed by atoms with Crippen LogP contribution in [0.4, 0.5) is 15.1 Å². The molecular weight excluding hydrogens is 481 g/mol. The lowest BCUT2D eigenvalue weighted by Gasteiger charge is -2.32. The van der Waals surface area contributed by atoms with Crippen molar-refractivity contribution in [1.82, 2.24) is 30.6 Å². The largest absolute Gasteiger partial charge is 0.341 e. The van der Waals surface area contributed by atoms with Gasteiger partial charge in [0.1, 0.15) is 0 Å². The molecule has 0 aromatic carbocycles. The lowest BCUT2D eigenvalue weighted by Crippen LogP contribution is -2.38. The Labute approximate surface area is 211 Å². The quantitative estimate of drug-likeness (QED) is 0.467. The predicted molar refractivity (Wildman–Crippen MR) is 135 cm³/mol. The molecule has 11 heteroatoms. The van der Waals surface area contributed by atoms with Crippen molar-refractivity contribution in [1.29, 1.82) is 0 Å². The Kier molecular flexibility index (Phi) is 7.28. The van der Waals surface area contributed by atoms with Gasteiger partial charge in [0, 0.05) is 37.6 Å². The predicted octanol–water partition coefficient (Wildman–Crippen LogP) is 3.40. The van der Waals surface area contributed by atoms with E-state index in [1.165, 1.54) is 6.20 Å². The molecule has 184 valence electrons.